The lowest BCUT2D eigenvalue weighted by Gasteiger charge is -2.22. The molecule has 0 bridgehead atoms. The highest BCUT2D eigenvalue weighted by Gasteiger charge is 2.25. The number of hydrogen-bond acceptors (Lipinski definition) is 5. The molecule has 1 aromatic heterocycles. The smallest absolute Gasteiger partial charge is 0.271 e. The van der Waals surface area contributed by atoms with Gasteiger partial charge < -0.3 is 15.3 Å². The number of carbonyl (C=O) groups excluding carboxylic acids is 1. The third-order valence-electron chi connectivity index (χ3n) is 3.61. The van der Waals surface area contributed by atoms with Gasteiger partial charge in [0.1, 0.15) is 0 Å². The van der Waals surface area contributed by atoms with Crippen molar-refractivity contribution < 1.29 is 9.90 Å². The van der Waals surface area contributed by atoms with E-state index < -0.39 is 5.60 Å². The fourth-order valence-corrected chi connectivity index (χ4v) is 2.36. The Labute approximate surface area is 119 Å². The molecule has 1 aromatic rings. The molecular weight excluding hydrogens is 256 g/mol. The Bertz CT molecular complexity index is 459. The molecule has 20 heavy (non-hydrogen) atoms. The lowest BCUT2D eigenvalue weighted by molar-refractivity contribution is 0.0481. The van der Waals surface area contributed by atoms with Gasteiger partial charge in [0, 0.05) is 19.6 Å². The van der Waals surface area contributed by atoms with Crippen LogP contribution in [0.1, 0.15) is 43.6 Å². The number of amides is 1. The Hall–Kier alpha value is -1.69. The standard InChI is InChI=1S/C14H22N4O2/c1-3-15-13(19)11-5-6-12(17-16-11)18-9-4-7-14(2,20)8-10-18/h5-6,20H,3-4,7-10H2,1-2H3,(H,15,19). The van der Waals surface area contributed by atoms with Crippen molar-refractivity contribution in [2.75, 3.05) is 24.5 Å². The van der Waals surface area contributed by atoms with Gasteiger partial charge >= 0.3 is 0 Å². The lowest BCUT2D eigenvalue weighted by Crippen LogP contribution is -2.29. The molecule has 1 amide bonds. The van der Waals surface area contributed by atoms with Gasteiger partial charge in [-0.15, -0.1) is 10.2 Å². The summed E-state index contributed by atoms with van der Waals surface area (Å²) in [5.74, 6) is 0.557. The molecule has 1 saturated heterocycles. The SMILES string of the molecule is CCNC(=O)c1ccc(N2CCCC(C)(O)CC2)nn1. The van der Waals surface area contributed by atoms with Gasteiger partial charge in [0.25, 0.3) is 5.91 Å². The fraction of sp³-hybridized carbons (Fsp3) is 0.643. The van der Waals surface area contributed by atoms with Gasteiger partial charge in [-0.1, -0.05) is 0 Å². The van der Waals surface area contributed by atoms with Crippen LogP contribution in [-0.4, -0.2) is 46.4 Å². The summed E-state index contributed by atoms with van der Waals surface area (Å²) in [6.07, 6.45) is 2.44. The molecule has 0 aromatic carbocycles. The van der Waals surface area contributed by atoms with E-state index in [9.17, 15) is 9.90 Å². The Morgan fingerprint density at radius 3 is 2.85 bits per heavy atom. The normalized spacial score (nSPS) is 23.2. The molecule has 0 radical (unpaired) electrons. The minimum Gasteiger partial charge on any atom is -0.390 e. The molecular formula is C14H22N4O2. The summed E-state index contributed by atoms with van der Waals surface area (Å²) in [4.78, 5) is 13.7. The molecule has 0 saturated carbocycles. The van der Waals surface area contributed by atoms with Crippen molar-refractivity contribution in [3.63, 3.8) is 0 Å². The zero-order chi connectivity index (χ0) is 14.6. The summed E-state index contributed by atoms with van der Waals surface area (Å²) in [6.45, 7) is 5.92. The third-order valence-corrected chi connectivity index (χ3v) is 3.61. The number of hydrogen-bond donors (Lipinski definition) is 2. The van der Waals surface area contributed by atoms with E-state index in [1.54, 1.807) is 6.07 Å². The van der Waals surface area contributed by atoms with Crippen molar-refractivity contribution in [1.82, 2.24) is 15.5 Å². The fourth-order valence-electron chi connectivity index (χ4n) is 2.36. The van der Waals surface area contributed by atoms with Crippen LogP contribution in [-0.2, 0) is 0 Å². The zero-order valence-corrected chi connectivity index (χ0v) is 12.1. The van der Waals surface area contributed by atoms with E-state index in [1.165, 1.54) is 0 Å². The largest absolute Gasteiger partial charge is 0.390 e. The predicted molar refractivity (Wildman–Crippen MR) is 76.7 cm³/mol. The summed E-state index contributed by atoms with van der Waals surface area (Å²) >= 11 is 0. The van der Waals surface area contributed by atoms with E-state index in [0.717, 1.165) is 31.7 Å². The monoisotopic (exact) mass is 278 g/mol. The second-order valence-electron chi connectivity index (χ2n) is 5.47. The van der Waals surface area contributed by atoms with Crippen LogP contribution in [0.2, 0.25) is 0 Å². The van der Waals surface area contributed by atoms with E-state index in [2.05, 4.69) is 20.4 Å². The average Bonchev–Trinajstić information content (AvgIpc) is 2.60. The number of nitrogens with zero attached hydrogens (tertiary/aromatic N) is 3. The first kappa shape index (κ1) is 14.7. The molecule has 1 atom stereocenters. The Balaban J connectivity index is 2.04. The highest BCUT2D eigenvalue weighted by atomic mass is 16.3. The van der Waals surface area contributed by atoms with Crippen molar-refractivity contribution in [3.8, 4) is 0 Å². The van der Waals surface area contributed by atoms with Gasteiger partial charge in [-0.25, -0.2) is 0 Å². The molecule has 1 aliphatic heterocycles. The highest BCUT2D eigenvalue weighted by Crippen LogP contribution is 2.23. The third kappa shape index (κ3) is 3.66. The number of anilines is 1. The van der Waals surface area contributed by atoms with Crippen molar-refractivity contribution in [2.45, 2.75) is 38.7 Å². The van der Waals surface area contributed by atoms with Crippen LogP contribution in [0.5, 0.6) is 0 Å². The minimum absolute atomic E-state index is 0.203. The predicted octanol–water partition coefficient (Wildman–Crippen LogP) is 0.968. The Morgan fingerprint density at radius 2 is 2.20 bits per heavy atom. The topological polar surface area (TPSA) is 78.4 Å². The van der Waals surface area contributed by atoms with Crippen LogP contribution < -0.4 is 10.2 Å². The van der Waals surface area contributed by atoms with Crippen molar-refractivity contribution in [1.29, 1.82) is 0 Å². The molecule has 1 aliphatic rings. The van der Waals surface area contributed by atoms with Crippen LogP contribution in [0.4, 0.5) is 5.82 Å². The van der Waals surface area contributed by atoms with Crippen LogP contribution in [0, 0.1) is 0 Å². The first-order valence-electron chi connectivity index (χ1n) is 7.11. The first-order valence-corrected chi connectivity index (χ1v) is 7.11. The summed E-state index contributed by atoms with van der Waals surface area (Å²) in [7, 11) is 0. The molecule has 1 fully saturated rings. The number of carbonyl (C=O) groups is 1. The van der Waals surface area contributed by atoms with Gasteiger partial charge in [0.05, 0.1) is 5.60 Å². The summed E-state index contributed by atoms with van der Waals surface area (Å²) in [5, 5.41) is 20.9. The first-order chi connectivity index (χ1) is 9.52. The molecule has 2 rings (SSSR count). The summed E-state index contributed by atoms with van der Waals surface area (Å²) < 4.78 is 0. The quantitative estimate of drug-likeness (QED) is 0.861. The van der Waals surface area contributed by atoms with Gasteiger partial charge in [-0.2, -0.15) is 0 Å². The number of rotatable bonds is 3. The molecule has 110 valence electrons. The summed E-state index contributed by atoms with van der Waals surface area (Å²) in [6, 6.07) is 3.51. The van der Waals surface area contributed by atoms with E-state index in [0.29, 0.717) is 18.7 Å². The molecule has 6 heteroatoms. The van der Waals surface area contributed by atoms with E-state index >= 15 is 0 Å². The van der Waals surface area contributed by atoms with Gasteiger partial charge in [-0.05, 0) is 45.2 Å². The van der Waals surface area contributed by atoms with E-state index in [-0.39, 0.29) is 5.91 Å². The van der Waals surface area contributed by atoms with E-state index in [1.807, 2.05) is 19.9 Å². The molecule has 2 heterocycles. The minimum atomic E-state index is -0.594. The van der Waals surface area contributed by atoms with Gasteiger partial charge in [-0.3, -0.25) is 4.79 Å². The van der Waals surface area contributed by atoms with Crippen LogP contribution in [0.25, 0.3) is 0 Å². The maximum atomic E-state index is 11.6. The van der Waals surface area contributed by atoms with Crippen molar-refractivity contribution in [3.05, 3.63) is 17.8 Å². The number of aromatic nitrogens is 2. The molecule has 2 N–H and O–H groups in total. The highest BCUT2D eigenvalue weighted by molar-refractivity contribution is 5.92. The number of nitrogens with one attached hydrogen (secondary N) is 1. The zero-order valence-electron chi connectivity index (χ0n) is 12.1. The second-order valence-corrected chi connectivity index (χ2v) is 5.47. The van der Waals surface area contributed by atoms with Gasteiger partial charge in [0.2, 0.25) is 0 Å². The maximum absolute atomic E-state index is 11.6. The maximum Gasteiger partial charge on any atom is 0.271 e. The Morgan fingerprint density at radius 1 is 1.40 bits per heavy atom. The van der Waals surface area contributed by atoms with Gasteiger partial charge in [0.15, 0.2) is 11.5 Å². The number of aliphatic hydroxyl groups is 1. The average molecular weight is 278 g/mol. The van der Waals surface area contributed by atoms with Crippen LogP contribution in [0.3, 0.4) is 0 Å². The molecule has 0 spiro atoms. The Kier molecular flexibility index (Phi) is 4.54. The van der Waals surface area contributed by atoms with Crippen LogP contribution >= 0.6 is 0 Å². The van der Waals surface area contributed by atoms with E-state index in [4.69, 9.17) is 0 Å². The van der Waals surface area contributed by atoms with Crippen molar-refractivity contribution >= 4 is 11.7 Å². The molecule has 1 unspecified atom stereocenters. The van der Waals surface area contributed by atoms with Crippen LogP contribution in [0.15, 0.2) is 12.1 Å². The molecule has 0 aliphatic carbocycles. The summed E-state index contributed by atoms with van der Waals surface area (Å²) in [5.41, 5.74) is -0.263. The lowest BCUT2D eigenvalue weighted by atomic mass is 9.98. The molecule has 6 nitrogen and oxygen atoms in total. The second kappa shape index (κ2) is 6.17. The van der Waals surface area contributed by atoms with Crippen molar-refractivity contribution in [2.24, 2.45) is 0 Å².